The lowest BCUT2D eigenvalue weighted by Crippen LogP contribution is -2.52. The first-order valence-electron chi connectivity index (χ1n) is 23.5. The number of hydrogen-bond acceptors (Lipinski definition) is 5. The molecule has 0 aliphatic rings. The summed E-state index contributed by atoms with van der Waals surface area (Å²) in [4.78, 5) is 64.9. The third-order valence-corrected chi connectivity index (χ3v) is 11.4. The highest BCUT2D eigenvalue weighted by Crippen LogP contribution is 2.19. The Labute approximate surface area is 345 Å². The van der Waals surface area contributed by atoms with E-state index in [1.165, 1.54) is 51.4 Å². The fourth-order valence-corrected chi connectivity index (χ4v) is 7.65. The van der Waals surface area contributed by atoms with Gasteiger partial charge in [0.05, 0.1) is 6.04 Å². The van der Waals surface area contributed by atoms with E-state index in [1.54, 1.807) is 0 Å². The van der Waals surface area contributed by atoms with Gasteiger partial charge in [0.25, 0.3) is 0 Å². The molecule has 0 radical (unpaired) electrons. The Hall–Kier alpha value is -2.45. The number of nitrogens with one attached hydrogen (secondary N) is 4. The van der Waals surface area contributed by atoms with Crippen LogP contribution in [-0.2, 0) is 24.0 Å². The van der Waals surface area contributed by atoms with Crippen LogP contribution in [0, 0.1) is 23.7 Å². The van der Waals surface area contributed by atoms with E-state index in [2.05, 4.69) is 62.8 Å². The molecule has 0 spiro atoms. The van der Waals surface area contributed by atoms with E-state index in [0.717, 1.165) is 64.2 Å². The van der Waals surface area contributed by atoms with Crippen LogP contribution in [-0.4, -0.2) is 54.6 Å². The van der Waals surface area contributed by atoms with Crippen molar-refractivity contribution in [1.82, 2.24) is 21.3 Å². The number of rotatable bonds is 38. The Morgan fingerprint density at radius 2 is 0.893 bits per heavy atom. The third kappa shape index (κ3) is 29.7. The summed E-state index contributed by atoms with van der Waals surface area (Å²) in [5.41, 5.74) is 0. The molecule has 4 N–H and O–H groups in total. The summed E-state index contributed by atoms with van der Waals surface area (Å²) in [6.07, 6.45) is 24.0. The van der Waals surface area contributed by atoms with Crippen molar-refractivity contribution in [2.45, 2.75) is 234 Å². The number of hydrogen-bond donors (Lipinski definition) is 4. The molecular formula is C47H90N4O5. The van der Waals surface area contributed by atoms with Crippen LogP contribution in [0.5, 0.6) is 0 Å². The van der Waals surface area contributed by atoms with Crippen molar-refractivity contribution in [2.24, 2.45) is 23.7 Å². The minimum absolute atomic E-state index is 0.0271. The summed E-state index contributed by atoms with van der Waals surface area (Å²) < 4.78 is 0. The molecule has 0 aromatic rings. The maximum Gasteiger partial charge on any atom is 0.243 e. The van der Waals surface area contributed by atoms with Gasteiger partial charge in [-0.15, -0.1) is 0 Å². The molecule has 0 bridgehead atoms. The van der Waals surface area contributed by atoms with E-state index >= 15 is 0 Å². The SMILES string of the molecule is CCCCC(C)CCCCC(=O)NCCCCC(NC(=O)C(CCCCNC(=O)CCCCC(C)CCC)NC(=O)CCCCC(CC)CCC)C(=O)C(C)C. The van der Waals surface area contributed by atoms with Crippen LogP contribution in [0.4, 0.5) is 0 Å². The molecule has 0 aliphatic heterocycles. The Morgan fingerprint density at radius 1 is 0.429 bits per heavy atom. The Bertz CT molecular complexity index is 1030. The summed E-state index contributed by atoms with van der Waals surface area (Å²) in [5, 5.41) is 12.0. The van der Waals surface area contributed by atoms with Gasteiger partial charge in [0, 0.05) is 38.3 Å². The average Bonchev–Trinajstić information content (AvgIpc) is 3.16. The summed E-state index contributed by atoms with van der Waals surface area (Å²) in [7, 11) is 0. The first-order valence-corrected chi connectivity index (χ1v) is 23.5. The largest absolute Gasteiger partial charge is 0.356 e. The lowest BCUT2D eigenvalue weighted by Gasteiger charge is -2.24. The van der Waals surface area contributed by atoms with Crippen molar-refractivity contribution in [3.63, 3.8) is 0 Å². The fraction of sp³-hybridized carbons (Fsp3) is 0.894. The number of Topliss-reactive ketones (excluding diaryl/α,β-unsaturated/α-hetero) is 1. The Kier molecular flexibility index (Phi) is 34.1. The summed E-state index contributed by atoms with van der Waals surface area (Å²) in [6, 6.07) is -1.40. The Morgan fingerprint density at radius 3 is 1.39 bits per heavy atom. The van der Waals surface area contributed by atoms with E-state index < -0.39 is 12.1 Å². The second kappa shape index (κ2) is 35.7. The zero-order valence-electron chi connectivity index (χ0n) is 37.8. The van der Waals surface area contributed by atoms with E-state index in [-0.39, 0.29) is 35.3 Å². The monoisotopic (exact) mass is 791 g/mol. The van der Waals surface area contributed by atoms with Crippen molar-refractivity contribution in [2.75, 3.05) is 13.1 Å². The van der Waals surface area contributed by atoms with Crippen LogP contribution in [0.15, 0.2) is 0 Å². The van der Waals surface area contributed by atoms with Gasteiger partial charge in [-0.1, -0.05) is 145 Å². The smallest absolute Gasteiger partial charge is 0.243 e. The lowest BCUT2D eigenvalue weighted by atomic mass is 9.94. The highest BCUT2D eigenvalue weighted by atomic mass is 16.2. The van der Waals surface area contributed by atoms with Gasteiger partial charge in [-0.3, -0.25) is 24.0 Å². The molecule has 0 rings (SSSR count). The molecule has 4 amide bonds. The van der Waals surface area contributed by atoms with Crippen LogP contribution in [0.3, 0.4) is 0 Å². The van der Waals surface area contributed by atoms with Crippen molar-refractivity contribution < 1.29 is 24.0 Å². The highest BCUT2D eigenvalue weighted by Gasteiger charge is 2.27. The van der Waals surface area contributed by atoms with Gasteiger partial charge >= 0.3 is 0 Å². The van der Waals surface area contributed by atoms with Gasteiger partial charge in [-0.05, 0) is 75.5 Å². The van der Waals surface area contributed by atoms with Gasteiger partial charge in [-0.25, -0.2) is 0 Å². The number of carbonyl (C=O) groups excluding carboxylic acids is 5. The quantitative estimate of drug-likeness (QED) is 0.0462. The summed E-state index contributed by atoms with van der Waals surface area (Å²) in [6.45, 7) is 18.2. The molecule has 9 nitrogen and oxygen atoms in total. The van der Waals surface area contributed by atoms with Crippen molar-refractivity contribution in [3.8, 4) is 0 Å². The third-order valence-electron chi connectivity index (χ3n) is 11.4. The molecule has 328 valence electrons. The van der Waals surface area contributed by atoms with Crippen LogP contribution in [0.1, 0.15) is 222 Å². The summed E-state index contributed by atoms with van der Waals surface area (Å²) >= 11 is 0. The molecule has 0 aliphatic carbocycles. The molecule has 56 heavy (non-hydrogen) atoms. The number of carbonyl (C=O) groups is 5. The highest BCUT2D eigenvalue weighted by molar-refractivity contribution is 5.93. The van der Waals surface area contributed by atoms with Gasteiger partial charge in [0.15, 0.2) is 5.78 Å². The topological polar surface area (TPSA) is 133 Å². The van der Waals surface area contributed by atoms with Crippen molar-refractivity contribution in [3.05, 3.63) is 0 Å². The van der Waals surface area contributed by atoms with E-state index in [9.17, 15) is 24.0 Å². The normalized spacial score (nSPS) is 14.1. The molecule has 0 aromatic carbocycles. The molecule has 0 fully saturated rings. The first-order chi connectivity index (χ1) is 26.9. The minimum atomic E-state index is -0.747. The molecule has 0 heterocycles. The van der Waals surface area contributed by atoms with Crippen LogP contribution >= 0.6 is 0 Å². The Balaban J connectivity index is 5.09. The van der Waals surface area contributed by atoms with Crippen molar-refractivity contribution in [1.29, 1.82) is 0 Å². The van der Waals surface area contributed by atoms with Crippen LogP contribution in [0.25, 0.3) is 0 Å². The maximum atomic E-state index is 13.7. The zero-order chi connectivity index (χ0) is 42.0. The van der Waals surface area contributed by atoms with Crippen LogP contribution < -0.4 is 21.3 Å². The van der Waals surface area contributed by atoms with Crippen molar-refractivity contribution >= 4 is 29.4 Å². The predicted octanol–water partition coefficient (Wildman–Crippen LogP) is 10.5. The standard InChI is InChI=1S/C47H90N4O5/c1-9-13-26-39(8)28-15-18-33-44(53)48-35-22-20-30-41(46(55)37(5)6)51-47(56)42(50-45(54)34-19-16-29-40(12-4)25-11-3)31-21-23-36-49-43(52)32-17-14-27-38(7)24-10-2/h37-42H,9-36H2,1-8H3,(H,48,53)(H,49,52)(H,50,54)(H,51,56). The maximum absolute atomic E-state index is 13.7. The van der Waals surface area contributed by atoms with E-state index in [1.807, 2.05) is 13.8 Å². The number of unbranched alkanes of at least 4 members (excludes halogenated alkanes) is 6. The molecule has 0 saturated heterocycles. The minimum Gasteiger partial charge on any atom is -0.356 e. The number of ketones is 1. The molecule has 0 saturated carbocycles. The predicted molar refractivity (Wildman–Crippen MR) is 234 cm³/mol. The lowest BCUT2D eigenvalue weighted by molar-refractivity contribution is -0.132. The molecule has 5 atom stereocenters. The van der Waals surface area contributed by atoms with Gasteiger partial charge in [-0.2, -0.15) is 0 Å². The van der Waals surface area contributed by atoms with Gasteiger partial charge < -0.3 is 21.3 Å². The van der Waals surface area contributed by atoms with Gasteiger partial charge in [0.2, 0.25) is 23.6 Å². The average molecular weight is 791 g/mol. The van der Waals surface area contributed by atoms with Gasteiger partial charge in [0.1, 0.15) is 6.04 Å². The molecule has 5 unspecified atom stereocenters. The molecule has 9 heteroatoms. The second-order valence-electron chi connectivity index (χ2n) is 17.4. The number of amides is 4. The van der Waals surface area contributed by atoms with E-state index in [0.29, 0.717) is 82.2 Å². The van der Waals surface area contributed by atoms with Crippen LogP contribution in [0.2, 0.25) is 0 Å². The first kappa shape index (κ1) is 53.6. The molecule has 0 aromatic heterocycles. The zero-order valence-corrected chi connectivity index (χ0v) is 37.8. The summed E-state index contributed by atoms with van der Waals surface area (Å²) in [5.74, 6) is 1.52. The fourth-order valence-electron chi connectivity index (χ4n) is 7.65. The molecular weight excluding hydrogens is 701 g/mol. The second-order valence-corrected chi connectivity index (χ2v) is 17.4. The van der Waals surface area contributed by atoms with E-state index in [4.69, 9.17) is 0 Å².